The first kappa shape index (κ1) is 11.9. The molecule has 17 heavy (non-hydrogen) atoms. The topological polar surface area (TPSA) is 51.8 Å². The van der Waals surface area contributed by atoms with Crippen molar-refractivity contribution in [3.05, 3.63) is 47.9 Å². The Kier molecular flexibility index (Phi) is 3.65. The van der Waals surface area contributed by atoms with Crippen LogP contribution in [0, 0.1) is 11.6 Å². The fourth-order valence-electron chi connectivity index (χ4n) is 1.27. The molecule has 0 spiro atoms. The predicted octanol–water partition coefficient (Wildman–Crippen LogP) is 2.36. The van der Waals surface area contributed by atoms with E-state index >= 15 is 0 Å². The van der Waals surface area contributed by atoms with Crippen LogP contribution in [0.4, 0.5) is 8.78 Å². The van der Waals surface area contributed by atoms with E-state index in [1.165, 1.54) is 24.7 Å². The minimum Gasteiger partial charge on any atom is -0.326 e. The molecule has 88 valence electrons. The lowest BCUT2D eigenvalue weighted by molar-refractivity contribution is 0.537. The lowest BCUT2D eigenvalue weighted by Gasteiger charge is -2.06. The second-order valence-electron chi connectivity index (χ2n) is 3.24. The van der Waals surface area contributed by atoms with Crippen molar-refractivity contribution >= 4 is 11.8 Å². The Morgan fingerprint density at radius 3 is 2.47 bits per heavy atom. The van der Waals surface area contributed by atoms with Gasteiger partial charge in [-0.25, -0.2) is 18.7 Å². The first-order valence-electron chi connectivity index (χ1n) is 4.82. The minimum absolute atomic E-state index is 0.0825. The average Bonchev–Trinajstić information content (AvgIpc) is 2.35. The number of rotatable bonds is 3. The largest absolute Gasteiger partial charge is 0.326 e. The average molecular weight is 253 g/mol. The summed E-state index contributed by atoms with van der Waals surface area (Å²) in [6.07, 6.45) is 2.84. The molecule has 0 unspecified atom stereocenters. The van der Waals surface area contributed by atoms with Crippen LogP contribution in [0.15, 0.2) is 40.6 Å². The molecule has 0 aliphatic carbocycles. The maximum Gasteiger partial charge on any atom is 0.140 e. The van der Waals surface area contributed by atoms with Gasteiger partial charge in [-0.3, -0.25) is 0 Å². The second-order valence-corrected chi connectivity index (χ2v) is 4.27. The smallest absolute Gasteiger partial charge is 0.140 e. The Hall–Kier alpha value is -1.53. The molecule has 0 radical (unpaired) electrons. The van der Waals surface area contributed by atoms with Gasteiger partial charge in [0.1, 0.15) is 23.0 Å². The molecule has 0 aliphatic heterocycles. The highest BCUT2D eigenvalue weighted by Crippen LogP contribution is 2.31. The summed E-state index contributed by atoms with van der Waals surface area (Å²) in [6.45, 7) is 0.103. The summed E-state index contributed by atoms with van der Waals surface area (Å²) in [5.41, 5.74) is 5.75. The zero-order valence-electron chi connectivity index (χ0n) is 8.73. The second kappa shape index (κ2) is 5.20. The van der Waals surface area contributed by atoms with Gasteiger partial charge in [-0.1, -0.05) is 11.8 Å². The van der Waals surface area contributed by atoms with Gasteiger partial charge in [0.15, 0.2) is 0 Å². The first-order valence-corrected chi connectivity index (χ1v) is 5.64. The third-order valence-electron chi connectivity index (χ3n) is 2.06. The number of hydrogen-bond acceptors (Lipinski definition) is 4. The lowest BCUT2D eigenvalue weighted by atomic mass is 10.2. The standard InChI is InChI=1S/C11H9F2N3S/c12-8-3-7(5-14)4-9(13)11(8)17-10-1-2-15-6-16-10/h1-4,6H,5,14H2. The van der Waals surface area contributed by atoms with E-state index in [1.54, 1.807) is 6.07 Å². The van der Waals surface area contributed by atoms with E-state index in [-0.39, 0.29) is 11.4 Å². The van der Waals surface area contributed by atoms with Gasteiger partial charge >= 0.3 is 0 Å². The molecular weight excluding hydrogens is 244 g/mol. The summed E-state index contributed by atoms with van der Waals surface area (Å²) in [7, 11) is 0. The molecule has 3 nitrogen and oxygen atoms in total. The van der Waals surface area contributed by atoms with Crippen LogP contribution in [0.25, 0.3) is 0 Å². The summed E-state index contributed by atoms with van der Waals surface area (Å²) in [6, 6.07) is 4.04. The number of benzene rings is 1. The van der Waals surface area contributed by atoms with E-state index in [1.807, 2.05) is 0 Å². The van der Waals surface area contributed by atoms with Crippen molar-refractivity contribution in [3.8, 4) is 0 Å². The maximum atomic E-state index is 13.6. The van der Waals surface area contributed by atoms with Crippen LogP contribution in [0.5, 0.6) is 0 Å². The molecule has 2 N–H and O–H groups in total. The van der Waals surface area contributed by atoms with Gasteiger partial charge in [0.2, 0.25) is 0 Å². The Morgan fingerprint density at radius 2 is 1.94 bits per heavy atom. The Morgan fingerprint density at radius 1 is 1.24 bits per heavy atom. The number of hydrogen-bond donors (Lipinski definition) is 1. The first-order chi connectivity index (χ1) is 8.20. The molecule has 1 aromatic carbocycles. The normalized spacial score (nSPS) is 10.5. The number of aromatic nitrogens is 2. The highest BCUT2D eigenvalue weighted by Gasteiger charge is 2.12. The summed E-state index contributed by atoms with van der Waals surface area (Å²) in [4.78, 5) is 7.54. The van der Waals surface area contributed by atoms with E-state index in [2.05, 4.69) is 9.97 Å². The van der Waals surface area contributed by atoms with Gasteiger partial charge in [-0.05, 0) is 23.8 Å². The molecule has 0 saturated carbocycles. The molecule has 0 bridgehead atoms. The number of halogens is 2. The molecule has 2 rings (SSSR count). The molecule has 0 aliphatic rings. The van der Waals surface area contributed by atoms with Gasteiger partial charge in [-0.15, -0.1) is 0 Å². The van der Waals surface area contributed by atoms with Crippen molar-refractivity contribution in [1.82, 2.24) is 9.97 Å². The Bertz CT molecular complexity index is 496. The van der Waals surface area contributed by atoms with Crippen molar-refractivity contribution in [2.24, 2.45) is 5.73 Å². The van der Waals surface area contributed by atoms with Crippen LogP contribution in [0.2, 0.25) is 0 Å². The summed E-state index contributed by atoms with van der Waals surface area (Å²) >= 11 is 0.918. The molecular formula is C11H9F2N3S. The number of nitrogens with zero attached hydrogens (tertiary/aromatic N) is 2. The van der Waals surface area contributed by atoms with Crippen molar-refractivity contribution in [3.63, 3.8) is 0 Å². The van der Waals surface area contributed by atoms with Crippen LogP contribution in [0.1, 0.15) is 5.56 Å². The summed E-state index contributed by atoms with van der Waals surface area (Å²) in [5, 5.41) is 0.485. The Labute approximate surface area is 101 Å². The van der Waals surface area contributed by atoms with Gasteiger partial charge in [0.05, 0.1) is 4.90 Å². The number of nitrogens with two attached hydrogens (primary N) is 1. The molecule has 0 atom stereocenters. The summed E-state index contributed by atoms with van der Waals surface area (Å²) < 4.78 is 27.2. The van der Waals surface area contributed by atoms with Gasteiger partial charge in [0.25, 0.3) is 0 Å². The maximum absolute atomic E-state index is 13.6. The van der Waals surface area contributed by atoms with Gasteiger partial charge in [-0.2, -0.15) is 0 Å². The highest BCUT2D eigenvalue weighted by atomic mass is 32.2. The molecule has 0 saturated heterocycles. The zero-order chi connectivity index (χ0) is 12.3. The van der Waals surface area contributed by atoms with Crippen LogP contribution < -0.4 is 5.73 Å². The molecule has 0 fully saturated rings. The third kappa shape index (κ3) is 2.78. The van der Waals surface area contributed by atoms with E-state index in [9.17, 15) is 8.78 Å². The Balaban J connectivity index is 2.33. The van der Waals surface area contributed by atoms with Crippen LogP contribution in [-0.4, -0.2) is 9.97 Å². The van der Waals surface area contributed by atoms with E-state index < -0.39 is 11.6 Å². The van der Waals surface area contributed by atoms with Crippen molar-refractivity contribution in [2.45, 2.75) is 16.5 Å². The molecule has 1 heterocycles. The molecule has 2 aromatic rings. The molecule has 1 aromatic heterocycles. The highest BCUT2D eigenvalue weighted by molar-refractivity contribution is 7.99. The SMILES string of the molecule is NCc1cc(F)c(Sc2ccncn2)c(F)c1. The van der Waals surface area contributed by atoms with Gasteiger partial charge < -0.3 is 5.73 Å². The van der Waals surface area contributed by atoms with Crippen LogP contribution >= 0.6 is 11.8 Å². The van der Waals surface area contributed by atoms with Crippen molar-refractivity contribution in [2.75, 3.05) is 0 Å². The monoisotopic (exact) mass is 253 g/mol. The van der Waals surface area contributed by atoms with E-state index in [0.717, 1.165) is 11.8 Å². The van der Waals surface area contributed by atoms with E-state index in [0.29, 0.717) is 10.6 Å². The third-order valence-corrected chi connectivity index (χ3v) is 3.10. The predicted molar refractivity (Wildman–Crippen MR) is 60.4 cm³/mol. The van der Waals surface area contributed by atoms with E-state index in [4.69, 9.17) is 5.73 Å². The summed E-state index contributed by atoms with van der Waals surface area (Å²) in [5.74, 6) is -1.26. The zero-order valence-corrected chi connectivity index (χ0v) is 9.55. The molecule has 0 amide bonds. The minimum atomic E-state index is -0.630. The lowest BCUT2D eigenvalue weighted by Crippen LogP contribution is -1.99. The van der Waals surface area contributed by atoms with Crippen molar-refractivity contribution in [1.29, 1.82) is 0 Å². The quantitative estimate of drug-likeness (QED) is 0.853. The fourth-order valence-corrected chi connectivity index (χ4v) is 2.02. The molecule has 6 heteroatoms. The fraction of sp³-hybridized carbons (Fsp3) is 0.0909. The van der Waals surface area contributed by atoms with Crippen molar-refractivity contribution < 1.29 is 8.78 Å². The van der Waals surface area contributed by atoms with Crippen LogP contribution in [-0.2, 0) is 6.54 Å². The van der Waals surface area contributed by atoms with Gasteiger partial charge in [0, 0.05) is 12.7 Å². The van der Waals surface area contributed by atoms with Crippen LogP contribution in [0.3, 0.4) is 0 Å².